The van der Waals surface area contributed by atoms with E-state index in [1.54, 1.807) is 50.6 Å². The lowest BCUT2D eigenvalue weighted by atomic mass is 9.94. The van der Waals surface area contributed by atoms with E-state index < -0.39 is 18.3 Å². The zero-order valence-electron chi connectivity index (χ0n) is 19.1. The summed E-state index contributed by atoms with van der Waals surface area (Å²) in [5.74, 6) is 1.54. The number of hydrogen-bond acceptors (Lipinski definition) is 9. The molecule has 0 saturated heterocycles. The summed E-state index contributed by atoms with van der Waals surface area (Å²) in [5, 5.41) is 11.4. The lowest BCUT2D eigenvalue weighted by molar-refractivity contribution is -0.189. The molecule has 0 aromatic heterocycles. The van der Waals surface area contributed by atoms with Crippen LogP contribution in [0.5, 0.6) is 17.2 Å². The molecule has 2 aromatic rings. The van der Waals surface area contributed by atoms with Gasteiger partial charge in [0.1, 0.15) is 37.6 Å². The molecule has 0 heterocycles. The number of hydrogen-bond donors (Lipinski definition) is 1. The molecule has 0 amide bonds. The molecule has 1 N–H and O–H groups in total. The SMILES string of the molecule is COCOc1ccccc1C(O)[C@H](OCOC)[C@H](OCOC)c1ccc(OC)c(OC)c1. The first-order valence-corrected chi connectivity index (χ1v) is 9.92. The molecule has 9 nitrogen and oxygen atoms in total. The predicted molar refractivity (Wildman–Crippen MR) is 116 cm³/mol. The first-order chi connectivity index (χ1) is 15.6. The highest BCUT2D eigenvalue weighted by atomic mass is 16.7. The Labute approximate surface area is 188 Å². The average molecular weight is 453 g/mol. The van der Waals surface area contributed by atoms with Crippen LogP contribution in [0.2, 0.25) is 0 Å². The topological polar surface area (TPSA) is 94.1 Å². The van der Waals surface area contributed by atoms with E-state index >= 15 is 0 Å². The standard InChI is InChI=1S/C23H32O9/c1-25-13-30-18-9-7-6-8-17(18)21(24)23(32-15-27-3)22(31-14-26-2)16-10-11-19(28-4)20(12-16)29-5/h6-12,21-24H,13-15H2,1-5H3/t21?,22-,23+/m1/s1. The normalized spacial score (nSPS) is 13.9. The molecule has 0 spiro atoms. The molecule has 32 heavy (non-hydrogen) atoms. The van der Waals surface area contributed by atoms with Crippen LogP contribution < -0.4 is 14.2 Å². The first kappa shape index (κ1) is 25.9. The van der Waals surface area contributed by atoms with Gasteiger partial charge in [-0.3, -0.25) is 0 Å². The Kier molecular flexibility index (Phi) is 11.2. The summed E-state index contributed by atoms with van der Waals surface area (Å²) in [6, 6.07) is 12.4. The molecular formula is C23H32O9. The predicted octanol–water partition coefficient (Wildman–Crippen LogP) is 3.07. The monoisotopic (exact) mass is 452 g/mol. The Hall–Kier alpha value is -2.40. The maximum absolute atomic E-state index is 11.4. The van der Waals surface area contributed by atoms with Gasteiger partial charge in [0.25, 0.3) is 0 Å². The van der Waals surface area contributed by atoms with Crippen molar-refractivity contribution < 1.29 is 43.0 Å². The van der Waals surface area contributed by atoms with Gasteiger partial charge in [-0.1, -0.05) is 24.3 Å². The van der Waals surface area contributed by atoms with E-state index in [1.165, 1.54) is 21.3 Å². The van der Waals surface area contributed by atoms with Crippen LogP contribution in [0.15, 0.2) is 42.5 Å². The van der Waals surface area contributed by atoms with Crippen LogP contribution in [-0.4, -0.2) is 67.1 Å². The van der Waals surface area contributed by atoms with Crippen molar-refractivity contribution in [2.75, 3.05) is 55.9 Å². The number of rotatable bonds is 15. The second-order valence-electron chi connectivity index (χ2n) is 6.68. The molecule has 0 aliphatic carbocycles. The molecule has 9 heteroatoms. The van der Waals surface area contributed by atoms with Gasteiger partial charge in [0.2, 0.25) is 0 Å². The van der Waals surface area contributed by atoms with Crippen molar-refractivity contribution in [1.29, 1.82) is 0 Å². The molecule has 2 rings (SSSR count). The van der Waals surface area contributed by atoms with Crippen LogP contribution in [0.4, 0.5) is 0 Å². The van der Waals surface area contributed by atoms with Crippen LogP contribution in [0.3, 0.4) is 0 Å². The van der Waals surface area contributed by atoms with Crippen molar-refractivity contribution in [1.82, 2.24) is 0 Å². The number of aliphatic hydroxyl groups excluding tert-OH is 1. The largest absolute Gasteiger partial charge is 0.493 e. The first-order valence-electron chi connectivity index (χ1n) is 9.92. The number of ether oxygens (including phenoxy) is 8. The summed E-state index contributed by atoms with van der Waals surface area (Å²) < 4.78 is 43.5. The zero-order valence-corrected chi connectivity index (χ0v) is 19.1. The molecule has 2 aromatic carbocycles. The van der Waals surface area contributed by atoms with E-state index in [2.05, 4.69) is 0 Å². The summed E-state index contributed by atoms with van der Waals surface area (Å²) in [7, 11) is 7.64. The van der Waals surface area contributed by atoms with E-state index in [0.29, 0.717) is 28.4 Å². The van der Waals surface area contributed by atoms with Crippen LogP contribution in [-0.2, 0) is 23.7 Å². The van der Waals surface area contributed by atoms with Gasteiger partial charge in [0.05, 0.1) is 14.2 Å². The maximum Gasteiger partial charge on any atom is 0.188 e. The van der Waals surface area contributed by atoms with Gasteiger partial charge in [0.15, 0.2) is 18.3 Å². The number of para-hydroxylation sites is 1. The Morgan fingerprint density at radius 3 is 2.03 bits per heavy atom. The Morgan fingerprint density at radius 2 is 1.38 bits per heavy atom. The summed E-state index contributed by atoms with van der Waals surface area (Å²) in [5.41, 5.74) is 1.20. The van der Waals surface area contributed by atoms with Crippen LogP contribution in [0.1, 0.15) is 23.3 Å². The van der Waals surface area contributed by atoms with Gasteiger partial charge in [-0.25, -0.2) is 0 Å². The quantitative estimate of drug-likeness (QED) is 0.409. The summed E-state index contributed by atoms with van der Waals surface area (Å²) in [4.78, 5) is 0. The fraction of sp³-hybridized carbons (Fsp3) is 0.478. The molecule has 0 aliphatic heterocycles. The molecule has 0 radical (unpaired) electrons. The molecule has 0 fully saturated rings. The van der Waals surface area contributed by atoms with Crippen molar-refractivity contribution >= 4 is 0 Å². The number of methoxy groups -OCH3 is 5. The van der Waals surface area contributed by atoms with E-state index in [1.807, 2.05) is 6.07 Å². The van der Waals surface area contributed by atoms with Crippen molar-refractivity contribution in [3.05, 3.63) is 53.6 Å². The smallest absolute Gasteiger partial charge is 0.188 e. The highest BCUT2D eigenvalue weighted by Gasteiger charge is 2.35. The van der Waals surface area contributed by atoms with E-state index in [4.69, 9.17) is 37.9 Å². The minimum Gasteiger partial charge on any atom is -0.493 e. The van der Waals surface area contributed by atoms with Crippen molar-refractivity contribution in [3.8, 4) is 17.2 Å². The van der Waals surface area contributed by atoms with E-state index in [-0.39, 0.29) is 20.4 Å². The zero-order chi connectivity index (χ0) is 23.3. The van der Waals surface area contributed by atoms with Gasteiger partial charge in [-0.05, 0) is 23.8 Å². The molecule has 178 valence electrons. The lowest BCUT2D eigenvalue weighted by Crippen LogP contribution is -2.32. The maximum atomic E-state index is 11.4. The van der Waals surface area contributed by atoms with Gasteiger partial charge in [-0.15, -0.1) is 0 Å². The number of aliphatic hydroxyl groups is 1. The highest BCUT2D eigenvalue weighted by Crippen LogP contribution is 2.38. The molecule has 0 aliphatic rings. The van der Waals surface area contributed by atoms with Crippen molar-refractivity contribution in [3.63, 3.8) is 0 Å². The van der Waals surface area contributed by atoms with Gasteiger partial charge in [0, 0.05) is 26.9 Å². The molecular weight excluding hydrogens is 420 g/mol. The third kappa shape index (κ3) is 6.80. The van der Waals surface area contributed by atoms with Crippen molar-refractivity contribution in [2.45, 2.75) is 18.3 Å². The van der Waals surface area contributed by atoms with Gasteiger partial charge in [-0.2, -0.15) is 0 Å². The Morgan fingerprint density at radius 1 is 0.719 bits per heavy atom. The molecule has 1 unspecified atom stereocenters. The van der Waals surface area contributed by atoms with Crippen LogP contribution >= 0.6 is 0 Å². The van der Waals surface area contributed by atoms with Gasteiger partial charge >= 0.3 is 0 Å². The summed E-state index contributed by atoms with van der Waals surface area (Å²) in [6.45, 7) is -0.0596. The fourth-order valence-corrected chi connectivity index (χ4v) is 3.20. The second-order valence-corrected chi connectivity index (χ2v) is 6.68. The van der Waals surface area contributed by atoms with Crippen molar-refractivity contribution in [2.24, 2.45) is 0 Å². The van der Waals surface area contributed by atoms with Crippen LogP contribution in [0.25, 0.3) is 0 Å². The molecule has 0 saturated carbocycles. The van der Waals surface area contributed by atoms with E-state index in [9.17, 15) is 5.11 Å². The third-order valence-electron chi connectivity index (χ3n) is 4.66. The third-order valence-corrected chi connectivity index (χ3v) is 4.66. The second kappa shape index (κ2) is 13.9. The Balaban J connectivity index is 2.48. The van der Waals surface area contributed by atoms with Gasteiger partial charge < -0.3 is 43.0 Å². The minimum atomic E-state index is -1.13. The highest BCUT2D eigenvalue weighted by molar-refractivity contribution is 5.44. The Bertz CT molecular complexity index is 799. The molecule has 0 bridgehead atoms. The number of benzene rings is 2. The van der Waals surface area contributed by atoms with Crippen LogP contribution in [0, 0.1) is 0 Å². The lowest BCUT2D eigenvalue weighted by Gasteiger charge is -2.32. The van der Waals surface area contributed by atoms with E-state index in [0.717, 1.165) is 0 Å². The molecule has 3 atom stereocenters. The fourth-order valence-electron chi connectivity index (χ4n) is 3.20. The average Bonchev–Trinajstić information content (AvgIpc) is 2.84. The summed E-state index contributed by atoms with van der Waals surface area (Å²) in [6.07, 6.45) is -2.75. The minimum absolute atomic E-state index is 0.0274. The summed E-state index contributed by atoms with van der Waals surface area (Å²) >= 11 is 0.